The molecule has 208 valence electrons. The van der Waals surface area contributed by atoms with Crippen molar-refractivity contribution in [2.45, 2.75) is 25.7 Å². The van der Waals surface area contributed by atoms with Crippen molar-refractivity contribution in [1.82, 2.24) is 5.32 Å². The van der Waals surface area contributed by atoms with Gasteiger partial charge in [0.25, 0.3) is 0 Å². The zero-order valence-corrected chi connectivity index (χ0v) is 20.4. The Morgan fingerprint density at radius 3 is 1.87 bits per heavy atom. The average molecular weight is 556 g/mol. The highest BCUT2D eigenvalue weighted by molar-refractivity contribution is 6.01. The smallest absolute Gasteiger partial charge is 0.338 e. The summed E-state index contributed by atoms with van der Waals surface area (Å²) in [7, 11) is 0. The van der Waals surface area contributed by atoms with Gasteiger partial charge in [-0.3, -0.25) is 4.90 Å². The molecule has 0 atom stereocenters. The van der Waals surface area contributed by atoms with Gasteiger partial charge in [-0.25, -0.2) is 14.0 Å². The molecule has 0 aliphatic carbocycles. The largest absolute Gasteiger partial charge is 0.416 e. The fourth-order valence-electron chi connectivity index (χ4n) is 3.44. The number of nitrogens with zero attached hydrogens (tertiary/aromatic N) is 1. The van der Waals surface area contributed by atoms with Gasteiger partial charge in [-0.15, -0.1) is 0 Å². The van der Waals surface area contributed by atoms with E-state index in [1.807, 2.05) is 12.2 Å². The maximum Gasteiger partial charge on any atom is 0.416 e. The van der Waals surface area contributed by atoms with Crippen molar-refractivity contribution in [2.24, 2.45) is 0 Å². The molecular weight excluding hydrogens is 533 g/mol. The summed E-state index contributed by atoms with van der Waals surface area (Å²) in [5.41, 5.74) is -1.99. The van der Waals surface area contributed by atoms with E-state index in [4.69, 9.17) is 0 Å². The van der Waals surface area contributed by atoms with Crippen LogP contribution in [0.15, 0.2) is 66.7 Å². The first-order valence-corrected chi connectivity index (χ1v) is 11.5. The lowest BCUT2D eigenvalue weighted by molar-refractivity contribution is -0.143. The summed E-state index contributed by atoms with van der Waals surface area (Å²) >= 11 is 0. The normalized spacial score (nSPS) is 11.6. The van der Waals surface area contributed by atoms with Crippen LogP contribution in [0.1, 0.15) is 23.1 Å². The first-order chi connectivity index (χ1) is 18.2. The Hall–Kier alpha value is -4.29. The lowest BCUT2D eigenvalue weighted by Gasteiger charge is -2.23. The standard InChI is InChI=1S/C26H23F7N4O2/c1-16-3-7-20(8-4-16)36-24(39)37(22-9-5-19(27)6-10-22)12-2-11-34-23(38)35-21-14-17(25(28,29)30)13-18(15-21)26(31,32)33/h3-10,13-15H,2,11-12H2,1H3,(H,36,39)(H2,34,35,38). The molecule has 3 N–H and O–H groups in total. The molecule has 4 amide bonds. The fraction of sp³-hybridized carbons (Fsp3) is 0.231. The minimum absolute atomic E-state index is 0.0331. The molecule has 0 radical (unpaired) electrons. The summed E-state index contributed by atoms with van der Waals surface area (Å²) in [4.78, 5) is 26.4. The number of amides is 4. The number of hydrogen-bond donors (Lipinski definition) is 3. The molecule has 39 heavy (non-hydrogen) atoms. The SMILES string of the molecule is Cc1ccc(NC(=O)N(CCCNC(=O)Nc2cc(C(F)(F)F)cc(C(F)(F)F)c2)c2ccc(F)cc2)cc1. The number of alkyl halides is 6. The van der Waals surface area contributed by atoms with Crippen LogP contribution in [0, 0.1) is 12.7 Å². The molecule has 0 saturated carbocycles. The van der Waals surface area contributed by atoms with Gasteiger partial charge in [0.05, 0.1) is 11.1 Å². The highest BCUT2D eigenvalue weighted by atomic mass is 19.4. The van der Waals surface area contributed by atoms with Crippen molar-refractivity contribution < 1.29 is 40.3 Å². The minimum Gasteiger partial charge on any atom is -0.338 e. The molecular formula is C26H23F7N4O2. The van der Waals surface area contributed by atoms with E-state index in [0.717, 1.165) is 17.7 Å². The zero-order valence-electron chi connectivity index (χ0n) is 20.4. The van der Waals surface area contributed by atoms with Gasteiger partial charge in [0, 0.05) is 30.2 Å². The van der Waals surface area contributed by atoms with Crippen LogP contribution in [0.3, 0.4) is 0 Å². The average Bonchev–Trinajstić information content (AvgIpc) is 2.85. The van der Waals surface area contributed by atoms with E-state index in [9.17, 15) is 40.3 Å². The van der Waals surface area contributed by atoms with Crippen molar-refractivity contribution in [3.63, 3.8) is 0 Å². The summed E-state index contributed by atoms with van der Waals surface area (Å²) < 4.78 is 91.6. The Kier molecular flexibility index (Phi) is 9.04. The van der Waals surface area contributed by atoms with E-state index in [1.165, 1.54) is 17.0 Å². The number of urea groups is 2. The van der Waals surface area contributed by atoms with E-state index >= 15 is 0 Å². The number of benzene rings is 3. The van der Waals surface area contributed by atoms with Crippen molar-refractivity contribution in [3.8, 4) is 0 Å². The third-order valence-electron chi connectivity index (χ3n) is 5.38. The molecule has 0 unspecified atom stereocenters. The van der Waals surface area contributed by atoms with Gasteiger partial charge in [0.15, 0.2) is 0 Å². The van der Waals surface area contributed by atoms with Crippen LogP contribution in [0.25, 0.3) is 0 Å². The van der Waals surface area contributed by atoms with Crippen LogP contribution in [0.2, 0.25) is 0 Å². The van der Waals surface area contributed by atoms with Gasteiger partial charge in [-0.1, -0.05) is 17.7 Å². The minimum atomic E-state index is -5.06. The highest BCUT2D eigenvalue weighted by Gasteiger charge is 2.37. The van der Waals surface area contributed by atoms with Gasteiger partial charge < -0.3 is 16.0 Å². The zero-order chi connectivity index (χ0) is 28.8. The number of anilines is 3. The van der Waals surface area contributed by atoms with Gasteiger partial charge >= 0.3 is 24.4 Å². The Labute approximate surface area is 218 Å². The van der Waals surface area contributed by atoms with Gasteiger partial charge in [0.2, 0.25) is 0 Å². The van der Waals surface area contributed by atoms with Gasteiger partial charge in [-0.05, 0) is 67.9 Å². The third kappa shape index (κ3) is 8.62. The Morgan fingerprint density at radius 1 is 0.769 bits per heavy atom. The molecule has 0 fully saturated rings. The number of carbonyl (C=O) groups is 2. The van der Waals surface area contributed by atoms with Crippen molar-refractivity contribution in [3.05, 3.63) is 89.2 Å². The molecule has 0 heterocycles. The Morgan fingerprint density at radius 2 is 1.33 bits per heavy atom. The molecule has 0 saturated heterocycles. The number of rotatable bonds is 7. The van der Waals surface area contributed by atoms with E-state index in [1.54, 1.807) is 24.3 Å². The molecule has 13 heteroatoms. The lowest BCUT2D eigenvalue weighted by Crippen LogP contribution is -2.38. The monoisotopic (exact) mass is 556 g/mol. The quantitative estimate of drug-likeness (QED) is 0.209. The second-order valence-corrected chi connectivity index (χ2v) is 8.45. The van der Waals surface area contributed by atoms with Crippen LogP contribution < -0.4 is 20.9 Å². The fourth-order valence-corrected chi connectivity index (χ4v) is 3.44. The molecule has 3 aromatic rings. The predicted octanol–water partition coefficient (Wildman–Crippen LogP) is 7.42. The van der Waals surface area contributed by atoms with Crippen LogP contribution in [-0.2, 0) is 12.4 Å². The van der Waals surface area contributed by atoms with E-state index in [2.05, 4.69) is 10.6 Å². The lowest BCUT2D eigenvalue weighted by atomic mass is 10.1. The van der Waals surface area contributed by atoms with Crippen LogP contribution in [-0.4, -0.2) is 25.2 Å². The predicted molar refractivity (Wildman–Crippen MR) is 132 cm³/mol. The topological polar surface area (TPSA) is 73.5 Å². The van der Waals surface area contributed by atoms with E-state index in [-0.39, 0.29) is 25.6 Å². The second kappa shape index (κ2) is 12.0. The number of carbonyl (C=O) groups excluding carboxylic acids is 2. The molecule has 0 bridgehead atoms. The molecule has 6 nitrogen and oxygen atoms in total. The third-order valence-corrected chi connectivity index (χ3v) is 5.38. The number of nitrogens with one attached hydrogen (secondary N) is 3. The van der Waals surface area contributed by atoms with Gasteiger partial charge in [0.1, 0.15) is 5.82 Å². The Bertz CT molecular complexity index is 1260. The molecule has 0 spiro atoms. The van der Waals surface area contributed by atoms with E-state index in [0.29, 0.717) is 23.5 Å². The number of halogens is 7. The number of hydrogen-bond acceptors (Lipinski definition) is 2. The van der Waals surface area contributed by atoms with Crippen molar-refractivity contribution in [1.29, 1.82) is 0 Å². The first kappa shape index (κ1) is 29.3. The summed E-state index contributed by atoms with van der Waals surface area (Å²) in [6.07, 6.45) is -9.98. The summed E-state index contributed by atoms with van der Waals surface area (Å²) in [6.45, 7) is 1.82. The van der Waals surface area contributed by atoms with Crippen molar-refractivity contribution in [2.75, 3.05) is 28.6 Å². The number of aryl methyl sites for hydroxylation is 1. The summed E-state index contributed by atoms with van der Waals surface area (Å²) in [5.74, 6) is -0.515. The molecule has 3 rings (SSSR count). The highest BCUT2D eigenvalue weighted by Crippen LogP contribution is 2.37. The molecule has 0 aliphatic rings. The maximum absolute atomic E-state index is 13.4. The van der Waals surface area contributed by atoms with E-state index < -0.39 is 47.0 Å². The van der Waals surface area contributed by atoms with Crippen LogP contribution in [0.5, 0.6) is 0 Å². The van der Waals surface area contributed by atoms with Crippen LogP contribution >= 0.6 is 0 Å². The molecule has 0 aromatic heterocycles. The molecule has 3 aromatic carbocycles. The van der Waals surface area contributed by atoms with Crippen LogP contribution in [0.4, 0.5) is 57.4 Å². The maximum atomic E-state index is 13.4. The first-order valence-electron chi connectivity index (χ1n) is 11.5. The van der Waals surface area contributed by atoms with Gasteiger partial charge in [-0.2, -0.15) is 26.3 Å². The van der Waals surface area contributed by atoms with Crippen molar-refractivity contribution >= 4 is 29.1 Å². The molecule has 0 aliphatic heterocycles. The summed E-state index contributed by atoms with van der Waals surface area (Å²) in [5, 5.41) is 7.01. The summed E-state index contributed by atoms with van der Waals surface area (Å²) in [6, 6.07) is 11.2. The second-order valence-electron chi connectivity index (χ2n) is 8.45. The Balaban J connectivity index is 1.63.